The summed E-state index contributed by atoms with van der Waals surface area (Å²) in [6.45, 7) is 0. The van der Waals surface area contributed by atoms with Crippen molar-refractivity contribution >= 4 is 34.3 Å². The van der Waals surface area contributed by atoms with Gasteiger partial charge in [-0.05, 0) is 36.4 Å². The average molecular weight is 321 g/mol. The monoisotopic (exact) mass is 321 g/mol. The van der Waals surface area contributed by atoms with E-state index < -0.39 is 4.92 Å². The summed E-state index contributed by atoms with van der Waals surface area (Å²) < 4.78 is 0. The van der Waals surface area contributed by atoms with Crippen molar-refractivity contribution in [2.24, 2.45) is 4.99 Å². The molecule has 7 nitrogen and oxygen atoms in total. The van der Waals surface area contributed by atoms with Crippen LogP contribution in [0.4, 0.5) is 11.4 Å². The Kier molecular flexibility index (Phi) is 3.98. The van der Waals surface area contributed by atoms with E-state index >= 15 is 0 Å². The van der Waals surface area contributed by atoms with Gasteiger partial charge in [0.15, 0.2) is 0 Å². The van der Waals surface area contributed by atoms with Crippen LogP contribution < -0.4 is 0 Å². The number of hydrogen-bond donors (Lipinski definition) is 1. The lowest BCUT2D eigenvalue weighted by Crippen LogP contribution is -2.00. The summed E-state index contributed by atoms with van der Waals surface area (Å²) in [4.78, 5) is 30.4. The smallest absolute Gasteiger partial charge is 0.269 e. The molecule has 3 rings (SSSR count). The molecular formula is C17H11N3O4. The molecular weight excluding hydrogens is 310 g/mol. The normalized spacial score (nSPS) is 11.0. The number of carbonyl (C=O) groups is 1. The van der Waals surface area contributed by atoms with Gasteiger partial charge in [-0.2, -0.15) is 0 Å². The number of fused-ring (bicyclic) bond motifs is 1. The summed E-state index contributed by atoms with van der Waals surface area (Å²) in [5, 5.41) is 21.0. The van der Waals surface area contributed by atoms with Crippen molar-refractivity contribution in [2.75, 3.05) is 0 Å². The number of ketones is 1. The van der Waals surface area contributed by atoms with Crippen LogP contribution in [0.25, 0.3) is 10.9 Å². The number of nitro groups is 1. The van der Waals surface area contributed by atoms with Crippen molar-refractivity contribution in [1.29, 1.82) is 0 Å². The molecule has 0 saturated heterocycles. The van der Waals surface area contributed by atoms with Gasteiger partial charge in [0.2, 0.25) is 5.78 Å². The first kappa shape index (κ1) is 15.3. The maximum atomic E-state index is 12.1. The number of nitrogens with zero attached hydrogens (tertiary/aromatic N) is 3. The van der Waals surface area contributed by atoms with Gasteiger partial charge in [0, 0.05) is 29.3 Å². The zero-order valence-electron chi connectivity index (χ0n) is 12.3. The average Bonchev–Trinajstić information content (AvgIpc) is 2.61. The van der Waals surface area contributed by atoms with E-state index in [4.69, 9.17) is 0 Å². The zero-order chi connectivity index (χ0) is 17.1. The third-order valence-electron chi connectivity index (χ3n) is 3.41. The number of Topliss-reactive ketones (excluding diaryl/α,β-unsaturated/α-hetero) is 1. The van der Waals surface area contributed by atoms with E-state index in [9.17, 15) is 20.0 Å². The van der Waals surface area contributed by atoms with E-state index in [-0.39, 0.29) is 17.2 Å². The number of benzene rings is 2. The summed E-state index contributed by atoms with van der Waals surface area (Å²) in [5.74, 6) is -0.346. The quantitative estimate of drug-likeness (QED) is 0.343. The van der Waals surface area contributed by atoms with Crippen LogP contribution >= 0.6 is 0 Å². The van der Waals surface area contributed by atoms with Crippen LogP contribution in [-0.4, -0.2) is 27.0 Å². The molecule has 0 amide bonds. The maximum absolute atomic E-state index is 12.1. The number of rotatable bonds is 4. The Morgan fingerprint density at radius 3 is 2.62 bits per heavy atom. The second kappa shape index (κ2) is 6.25. The van der Waals surface area contributed by atoms with Crippen LogP contribution in [0.15, 0.2) is 59.7 Å². The highest BCUT2D eigenvalue weighted by Crippen LogP contribution is 2.30. The first-order valence-corrected chi connectivity index (χ1v) is 6.96. The second-order valence-corrected chi connectivity index (χ2v) is 4.93. The molecule has 0 aliphatic heterocycles. The minimum atomic E-state index is -0.530. The number of pyridine rings is 1. The summed E-state index contributed by atoms with van der Waals surface area (Å²) in [6, 6.07) is 11.8. The van der Waals surface area contributed by atoms with Crippen LogP contribution in [0.3, 0.4) is 0 Å². The number of aromatic hydroxyl groups is 1. The van der Waals surface area contributed by atoms with Gasteiger partial charge in [-0.25, -0.2) is 0 Å². The number of phenolic OH excluding ortho intramolecular Hbond substituents is 1. The van der Waals surface area contributed by atoms with Gasteiger partial charge in [-0.15, -0.1) is 0 Å². The third-order valence-corrected chi connectivity index (χ3v) is 3.41. The number of aromatic nitrogens is 1. The van der Waals surface area contributed by atoms with Crippen LogP contribution in [0.5, 0.6) is 5.75 Å². The van der Waals surface area contributed by atoms with Gasteiger partial charge in [-0.1, -0.05) is 0 Å². The van der Waals surface area contributed by atoms with Crippen molar-refractivity contribution in [3.8, 4) is 5.75 Å². The third kappa shape index (κ3) is 2.95. The van der Waals surface area contributed by atoms with Crippen LogP contribution in [0.1, 0.15) is 10.4 Å². The number of hydrogen-bond acceptors (Lipinski definition) is 6. The number of carbonyl (C=O) groups excluding carboxylic acids is 1. The molecule has 0 spiro atoms. The fraction of sp³-hybridized carbons (Fsp3) is 0. The first-order chi connectivity index (χ1) is 11.6. The SMILES string of the molecule is O=C(/C=N/c1ccc(O)c2ncccc12)c1ccc([N+](=O)[O-])cc1. The van der Waals surface area contributed by atoms with Crippen LogP contribution in [-0.2, 0) is 0 Å². The molecule has 1 N–H and O–H groups in total. The number of phenols is 1. The summed E-state index contributed by atoms with van der Waals surface area (Å²) in [5.41, 5.74) is 1.10. The van der Waals surface area contributed by atoms with Gasteiger partial charge in [0.1, 0.15) is 11.3 Å². The van der Waals surface area contributed by atoms with E-state index in [0.29, 0.717) is 22.2 Å². The Morgan fingerprint density at radius 2 is 1.92 bits per heavy atom. The minimum absolute atomic E-state index is 0.0336. The molecule has 0 saturated carbocycles. The Bertz CT molecular complexity index is 965. The van der Waals surface area contributed by atoms with Gasteiger partial charge in [-0.3, -0.25) is 24.9 Å². The summed E-state index contributed by atoms with van der Waals surface area (Å²) in [6.07, 6.45) is 2.69. The lowest BCUT2D eigenvalue weighted by atomic mass is 10.1. The van der Waals surface area contributed by atoms with Crippen LogP contribution in [0.2, 0.25) is 0 Å². The molecule has 118 valence electrons. The fourth-order valence-corrected chi connectivity index (χ4v) is 2.21. The van der Waals surface area contributed by atoms with Crippen molar-refractivity contribution in [3.63, 3.8) is 0 Å². The van der Waals surface area contributed by atoms with Gasteiger partial charge >= 0.3 is 0 Å². The molecule has 0 unspecified atom stereocenters. The Morgan fingerprint density at radius 1 is 1.17 bits per heavy atom. The molecule has 1 heterocycles. The lowest BCUT2D eigenvalue weighted by Gasteiger charge is -2.03. The van der Waals surface area contributed by atoms with Crippen LogP contribution in [0, 0.1) is 10.1 Å². The molecule has 0 radical (unpaired) electrons. The molecule has 2 aromatic carbocycles. The summed E-state index contributed by atoms with van der Waals surface area (Å²) >= 11 is 0. The standard InChI is InChI=1S/C17H11N3O4/c21-15-8-7-14(13-2-1-9-18-17(13)15)19-10-16(22)11-3-5-12(6-4-11)20(23)24/h1-10,21H/b19-10+. The second-order valence-electron chi connectivity index (χ2n) is 4.93. The Balaban J connectivity index is 1.89. The van der Waals surface area contributed by atoms with E-state index in [0.717, 1.165) is 6.21 Å². The molecule has 0 bridgehead atoms. The summed E-state index contributed by atoms with van der Waals surface area (Å²) in [7, 11) is 0. The molecule has 7 heteroatoms. The largest absolute Gasteiger partial charge is 0.506 e. The zero-order valence-corrected chi connectivity index (χ0v) is 12.3. The molecule has 24 heavy (non-hydrogen) atoms. The minimum Gasteiger partial charge on any atom is -0.506 e. The number of aliphatic imine (C=N–C) groups is 1. The van der Waals surface area contributed by atoms with Gasteiger partial charge < -0.3 is 5.11 Å². The first-order valence-electron chi connectivity index (χ1n) is 6.96. The van der Waals surface area contributed by atoms with Gasteiger partial charge in [0.05, 0.1) is 16.8 Å². The molecule has 3 aromatic rings. The molecule has 1 aromatic heterocycles. The highest BCUT2D eigenvalue weighted by molar-refractivity contribution is 6.36. The van der Waals surface area contributed by atoms with Crippen molar-refractivity contribution < 1.29 is 14.8 Å². The highest BCUT2D eigenvalue weighted by Gasteiger charge is 2.09. The Hall–Kier alpha value is -3.61. The molecule has 0 fully saturated rings. The maximum Gasteiger partial charge on any atom is 0.269 e. The predicted molar refractivity (Wildman–Crippen MR) is 89.0 cm³/mol. The topological polar surface area (TPSA) is 106 Å². The fourth-order valence-electron chi connectivity index (χ4n) is 2.21. The van der Waals surface area contributed by atoms with E-state index in [1.807, 2.05) is 0 Å². The number of nitro benzene ring substituents is 1. The molecule has 0 aliphatic rings. The van der Waals surface area contributed by atoms with E-state index in [1.54, 1.807) is 24.4 Å². The lowest BCUT2D eigenvalue weighted by molar-refractivity contribution is -0.384. The van der Waals surface area contributed by atoms with E-state index in [2.05, 4.69) is 9.98 Å². The van der Waals surface area contributed by atoms with Crippen molar-refractivity contribution in [2.45, 2.75) is 0 Å². The van der Waals surface area contributed by atoms with E-state index in [1.165, 1.54) is 30.3 Å². The highest BCUT2D eigenvalue weighted by atomic mass is 16.6. The van der Waals surface area contributed by atoms with Crippen molar-refractivity contribution in [1.82, 2.24) is 4.98 Å². The molecule has 0 atom stereocenters. The van der Waals surface area contributed by atoms with Crippen molar-refractivity contribution in [3.05, 3.63) is 70.4 Å². The predicted octanol–water partition coefficient (Wildman–Crippen LogP) is 3.43. The Labute approximate surface area is 136 Å². The number of non-ortho nitro benzene ring substituents is 1. The van der Waals surface area contributed by atoms with Gasteiger partial charge in [0.25, 0.3) is 5.69 Å². The molecule has 0 aliphatic carbocycles.